The summed E-state index contributed by atoms with van der Waals surface area (Å²) in [5, 5.41) is 13.4. The van der Waals surface area contributed by atoms with E-state index in [-0.39, 0.29) is 25.1 Å². The number of benzene rings is 2. The molecule has 1 aliphatic rings. The Labute approximate surface area is 169 Å². The summed E-state index contributed by atoms with van der Waals surface area (Å²) in [5.41, 5.74) is 4.19. The predicted molar refractivity (Wildman–Crippen MR) is 110 cm³/mol. The first-order valence-electron chi connectivity index (χ1n) is 9.83. The van der Waals surface area contributed by atoms with Crippen LogP contribution in [0.15, 0.2) is 54.6 Å². The van der Waals surface area contributed by atoms with Gasteiger partial charge in [0.15, 0.2) is 0 Å². The number of ether oxygens (including phenoxy) is 1. The van der Waals surface area contributed by atoms with Gasteiger partial charge in [0.1, 0.15) is 13.2 Å². The molecule has 2 N–H and O–H groups in total. The largest absolute Gasteiger partial charge is 0.480 e. The number of carboxylic acids is 1. The Bertz CT molecular complexity index is 1030. The van der Waals surface area contributed by atoms with Crippen LogP contribution in [0.5, 0.6) is 0 Å². The van der Waals surface area contributed by atoms with Gasteiger partial charge in [-0.05, 0) is 36.5 Å². The highest BCUT2D eigenvalue weighted by Crippen LogP contribution is 2.32. The average molecular weight is 392 g/mol. The standard InChI is InChI=1S/C23H24N2O4/c26-22(15-29-14-16-6-2-1-3-7-16)24-17-10-11-21-19(12-17)18-8-4-5-9-20(18)25(21)13-23(27)28/h1-9,17H,10-15H2,(H,24,26)(H,27,28)/t17-/m0/s1. The lowest BCUT2D eigenvalue weighted by Crippen LogP contribution is -2.40. The average Bonchev–Trinajstić information content (AvgIpc) is 3.02. The highest BCUT2D eigenvalue weighted by atomic mass is 16.5. The van der Waals surface area contributed by atoms with E-state index >= 15 is 0 Å². The van der Waals surface area contributed by atoms with Gasteiger partial charge in [0.25, 0.3) is 0 Å². The number of aliphatic carboxylic acids is 1. The third-order valence-corrected chi connectivity index (χ3v) is 5.38. The van der Waals surface area contributed by atoms with Crippen molar-refractivity contribution in [1.82, 2.24) is 9.88 Å². The maximum atomic E-state index is 12.3. The molecule has 0 saturated heterocycles. The third-order valence-electron chi connectivity index (χ3n) is 5.38. The first kappa shape index (κ1) is 19.2. The summed E-state index contributed by atoms with van der Waals surface area (Å²) in [4.78, 5) is 23.6. The molecule has 1 aliphatic carbocycles. The van der Waals surface area contributed by atoms with E-state index in [2.05, 4.69) is 5.32 Å². The zero-order valence-electron chi connectivity index (χ0n) is 16.1. The molecule has 3 aromatic rings. The van der Waals surface area contributed by atoms with E-state index in [4.69, 9.17) is 4.74 Å². The lowest BCUT2D eigenvalue weighted by Gasteiger charge is -2.25. The Morgan fingerprint density at radius 3 is 2.66 bits per heavy atom. The van der Waals surface area contributed by atoms with Gasteiger partial charge in [-0.25, -0.2) is 0 Å². The molecule has 0 aliphatic heterocycles. The van der Waals surface area contributed by atoms with Crippen LogP contribution in [0, 0.1) is 0 Å². The number of fused-ring (bicyclic) bond motifs is 3. The monoisotopic (exact) mass is 392 g/mol. The molecule has 0 radical (unpaired) electrons. The number of nitrogens with one attached hydrogen (secondary N) is 1. The van der Waals surface area contributed by atoms with E-state index < -0.39 is 5.97 Å². The van der Waals surface area contributed by atoms with E-state index in [0.717, 1.165) is 40.6 Å². The lowest BCUT2D eigenvalue weighted by molar-refractivity contribution is -0.137. The number of hydrogen-bond acceptors (Lipinski definition) is 3. The van der Waals surface area contributed by atoms with Crippen molar-refractivity contribution in [2.45, 2.75) is 38.5 Å². The van der Waals surface area contributed by atoms with E-state index in [1.54, 1.807) is 0 Å². The third kappa shape index (κ3) is 4.32. The second-order valence-corrected chi connectivity index (χ2v) is 7.41. The molecule has 1 atom stereocenters. The number of rotatable bonds is 7. The SMILES string of the molecule is O=C(O)Cn1c2c(c3ccccc31)C[C@@H](NC(=O)COCc1ccccc1)CC2. The van der Waals surface area contributed by atoms with E-state index in [1.807, 2.05) is 59.2 Å². The van der Waals surface area contributed by atoms with Crippen molar-refractivity contribution >= 4 is 22.8 Å². The summed E-state index contributed by atoms with van der Waals surface area (Å²) in [5.74, 6) is -0.969. The van der Waals surface area contributed by atoms with E-state index in [1.165, 1.54) is 0 Å². The van der Waals surface area contributed by atoms with Gasteiger partial charge in [-0.2, -0.15) is 0 Å². The molecule has 1 amide bonds. The number of aromatic nitrogens is 1. The highest BCUT2D eigenvalue weighted by Gasteiger charge is 2.26. The first-order chi connectivity index (χ1) is 14.1. The predicted octanol–water partition coefficient (Wildman–Crippen LogP) is 2.92. The molecule has 1 heterocycles. The van der Waals surface area contributed by atoms with Gasteiger partial charge >= 0.3 is 5.97 Å². The van der Waals surface area contributed by atoms with Crippen LogP contribution in [0.3, 0.4) is 0 Å². The zero-order chi connectivity index (χ0) is 20.2. The minimum Gasteiger partial charge on any atom is -0.480 e. The van der Waals surface area contributed by atoms with Crippen molar-refractivity contribution in [3.05, 3.63) is 71.4 Å². The fourth-order valence-electron chi connectivity index (χ4n) is 4.15. The molecule has 4 rings (SSSR count). The maximum absolute atomic E-state index is 12.3. The topological polar surface area (TPSA) is 80.6 Å². The molecule has 1 aromatic heterocycles. The van der Waals surface area contributed by atoms with Gasteiger partial charge in [-0.15, -0.1) is 0 Å². The molecular weight excluding hydrogens is 368 g/mol. The minimum atomic E-state index is -0.848. The van der Waals surface area contributed by atoms with Crippen molar-refractivity contribution in [2.24, 2.45) is 0 Å². The van der Waals surface area contributed by atoms with Gasteiger partial charge in [0.05, 0.1) is 6.61 Å². The summed E-state index contributed by atoms with van der Waals surface area (Å²) in [6, 6.07) is 17.7. The van der Waals surface area contributed by atoms with Crippen molar-refractivity contribution < 1.29 is 19.4 Å². The van der Waals surface area contributed by atoms with Crippen molar-refractivity contribution in [3.8, 4) is 0 Å². The molecule has 0 bridgehead atoms. The minimum absolute atomic E-state index is 0.0268. The molecule has 0 fully saturated rings. The van der Waals surface area contributed by atoms with Crippen LogP contribution < -0.4 is 5.32 Å². The Kier molecular flexibility index (Phi) is 5.62. The van der Waals surface area contributed by atoms with E-state index in [9.17, 15) is 14.7 Å². The second kappa shape index (κ2) is 8.49. The molecule has 0 unspecified atom stereocenters. The van der Waals surface area contributed by atoms with Gasteiger partial charge < -0.3 is 19.7 Å². The fourth-order valence-corrected chi connectivity index (χ4v) is 4.15. The molecule has 6 nitrogen and oxygen atoms in total. The summed E-state index contributed by atoms with van der Waals surface area (Å²) >= 11 is 0. The lowest BCUT2D eigenvalue weighted by atomic mass is 9.91. The fraction of sp³-hybridized carbons (Fsp3) is 0.304. The molecule has 2 aromatic carbocycles. The van der Waals surface area contributed by atoms with E-state index in [0.29, 0.717) is 13.0 Å². The number of carbonyl (C=O) groups is 2. The molecular formula is C23H24N2O4. The van der Waals surface area contributed by atoms with Crippen molar-refractivity contribution in [3.63, 3.8) is 0 Å². The number of amides is 1. The van der Waals surface area contributed by atoms with Crippen LogP contribution in [0.25, 0.3) is 10.9 Å². The number of carbonyl (C=O) groups excluding carboxylic acids is 1. The Morgan fingerprint density at radius 1 is 1.10 bits per heavy atom. The van der Waals surface area contributed by atoms with Crippen LogP contribution >= 0.6 is 0 Å². The van der Waals surface area contributed by atoms with Crippen LogP contribution in [0.2, 0.25) is 0 Å². The molecule has 0 saturated carbocycles. The van der Waals surface area contributed by atoms with Gasteiger partial charge in [-0.1, -0.05) is 48.5 Å². The number of nitrogens with zero attached hydrogens (tertiary/aromatic N) is 1. The van der Waals surface area contributed by atoms with Crippen LogP contribution in [0.4, 0.5) is 0 Å². The van der Waals surface area contributed by atoms with Crippen LogP contribution in [-0.2, 0) is 40.3 Å². The molecule has 0 spiro atoms. The van der Waals surface area contributed by atoms with Gasteiger partial charge in [0.2, 0.25) is 5.91 Å². The Balaban J connectivity index is 1.41. The van der Waals surface area contributed by atoms with Crippen molar-refractivity contribution in [1.29, 1.82) is 0 Å². The van der Waals surface area contributed by atoms with Crippen LogP contribution in [0.1, 0.15) is 23.2 Å². The quantitative estimate of drug-likeness (QED) is 0.648. The number of para-hydroxylation sites is 1. The molecule has 150 valence electrons. The normalized spacial score (nSPS) is 15.8. The summed E-state index contributed by atoms with van der Waals surface area (Å²) in [7, 11) is 0. The molecule has 6 heteroatoms. The zero-order valence-corrected chi connectivity index (χ0v) is 16.1. The second-order valence-electron chi connectivity index (χ2n) is 7.41. The Hall–Kier alpha value is -3.12. The highest BCUT2D eigenvalue weighted by molar-refractivity contribution is 5.87. The van der Waals surface area contributed by atoms with Gasteiger partial charge in [0, 0.05) is 22.6 Å². The van der Waals surface area contributed by atoms with Gasteiger partial charge in [-0.3, -0.25) is 9.59 Å². The van der Waals surface area contributed by atoms with Crippen LogP contribution in [-0.4, -0.2) is 34.2 Å². The van der Waals surface area contributed by atoms with Crippen molar-refractivity contribution in [2.75, 3.05) is 6.61 Å². The summed E-state index contributed by atoms with van der Waals surface area (Å²) < 4.78 is 7.43. The number of hydrogen-bond donors (Lipinski definition) is 2. The smallest absolute Gasteiger partial charge is 0.323 e. The Morgan fingerprint density at radius 2 is 1.86 bits per heavy atom. The summed E-state index contributed by atoms with van der Waals surface area (Å²) in [6.45, 7) is 0.394. The first-order valence-corrected chi connectivity index (χ1v) is 9.83. The number of carboxylic acid groups (broad SMARTS) is 1. The maximum Gasteiger partial charge on any atom is 0.323 e. The summed E-state index contributed by atoms with van der Waals surface area (Å²) in [6.07, 6.45) is 2.23. The molecule has 29 heavy (non-hydrogen) atoms.